The van der Waals surface area contributed by atoms with Crippen molar-refractivity contribution in [3.05, 3.63) is 36.2 Å². The van der Waals surface area contributed by atoms with Gasteiger partial charge >= 0.3 is 5.97 Å². The number of anilines is 1. The minimum absolute atomic E-state index is 0.224. The van der Waals surface area contributed by atoms with Gasteiger partial charge in [0.2, 0.25) is 5.95 Å². The number of aromatic nitrogens is 2. The molecule has 1 aliphatic heterocycles. The predicted molar refractivity (Wildman–Crippen MR) is 77.3 cm³/mol. The van der Waals surface area contributed by atoms with Crippen LogP contribution in [-0.2, 0) is 11.2 Å². The highest BCUT2D eigenvalue weighted by Gasteiger charge is 2.25. The Kier molecular flexibility index (Phi) is 3.43. The Hall–Kier alpha value is -2.63. The second-order valence-electron chi connectivity index (χ2n) is 4.92. The number of carboxylic acid groups (broad SMARTS) is 1. The standard InChI is InChI=1S/C15H15N3O3/c1-16-15-17-6-12(7-18-15)9-2-3-13-10(4-9)5-11(8-21-13)14(19)20/h2-4,6-7,11H,5,8H2,1H3,(H,19,20)(H,16,17,18). The molecule has 1 unspecified atom stereocenters. The molecular weight excluding hydrogens is 270 g/mol. The molecule has 0 bridgehead atoms. The van der Waals surface area contributed by atoms with E-state index < -0.39 is 11.9 Å². The summed E-state index contributed by atoms with van der Waals surface area (Å²) in [5.74, 6) is -0.00146. The Labute approximate surface area is 121 Å². The maximum atomic E-state index is 11.1. The van der Waals surface area contributed by atoms with E-state index in [2.05, 4.69) is 15.3 Å². The summed E-state index contributed by atoms with van der Waals surface area (Å²) in [6, 6.07) is 5.74. The molecule has 6 heteroatoms. The molecule has 3 rings (SSSR count). The molecule has 6 nitrogen and oxygen atoms in total. The zero-order valence-electron chi connectivity index (χ0n) is 11.5. The number of benzene rings is 1. The Morgan fingerprint density at radius 3 is 2.76 bits per heavy atom. The summed E-state index contributed by atoms with van der Waals surface area (Å²) in [5, 5.41) is 12.0. The number of hydrogen-bond acceptors (Lipinski definition) is 5. The number of ether oxygens (including phenoxy) is 1. The van der Waals surface area contributed by atoms with Crippen LogP contribution in [0.1, 0.15) is 5.56 Å². The number of rotatable bonds is 3. The number of carbonyl (C=O) groups is 1. The number of fused-ring (bicyclic) bond motifs is 1. The molecule has 0 spiro atoms. The van der Waals surface area contributed by atoms with Crippen LogP contribution in [0.4, 0.5) is 5.95 Å². The van der Waals surface area contributed by atoms with Gasteiger partial charge in [-0.25, -0.2) is 9.97 Å². The molecule has 0 radical (unpaired) electrons. The molecule has 1 aromatic carbocycles. The van der Waals surface area contributed by atoms with E-state index in [4.69, 9.17) is 9.84 Å². The second-order valence-corrected chi connectivity index (χ2v) is 4.92. The quantitative estimate of drug-likeness (QED) is 0.895. The maximum absolute atomic E-state index is 11.1. The first-order valence-corrected chi connectivity index (χ1v) is 6.66. The number of hydrogen-bond donors (Lipinski definition) is 2. The zero-order chi connectivity index (χ0) is 14.8. The molecule has 2 N–H and O–H groups in total. The molecule has 108 valence electrons. The number of nitrogens with one attached hydrogen (secondary N) is 1. The van der Waals surface area contributed by atoms with Crippen molar-refractivity contribution in [2.24, 2.45) is 5.92 Å². The van der Waals surface area contributed by atoms with E-state index in [1.165, 1.54) is 0 Å². The van der Waals surface area contributed by atoms with Gasteiger partial charge in [-0.3, -0.25) is 4.79 Å². The minimum Gasteiger partial charge on any atom is -0.492 e. The summed E-state index contributed by atoms with van der Waals surface area (Å²) in [6.07, 6.45) is 3.95. The van der Waals surface area contributed by atoms with E-state index in [1.807, 2.05) is 18.2 Å². The summed E-state index contributed by atoms with van der Waals surface area (Å²) in [4.78, 5) is 19.4. The molecule has 0 amide bonds. The van der Waals surface area contributed by atoms with Gasteiger partial charge in [-0.05, 0) is 29.7 Å². The third-order valence-corrected chi connectivity index (χ3v) is 3.52. The third kappa shape index (κ3) is 2.65. The van der Waals surface area contributed by atoms with Crippen molar-refractivity contribution >= 4 is 11.9 Å². The van der Waals surface area contributed by atoms with Crippen LogP contribution in [0.15, 0.2) is 30.6 Å². The van der Waals surface area contributed by atoms with Gasteiger partial charge in [0.1, 0.15) is 12.4 Å². The highest BCUT2D eigenvalue weighted by atomic mass is 16.5. The van der Waals surface area contributed by atoms with E-state index in [9.17, 15) is 4.79 Å². The van der Waals surface area contributed by atoms with Crippen molar-refractivity contribution in [1.29, 1.82) is 0 Å². The summed E-state index contributed by atoms with van der Waals surface area (Å²) in [6.45, 7) is 0.224. The van der Waals surface area contributed by atoms with Gasteiger partial charge in [0.05, 0.1) is 5.92 Å². The van der Waals surface area contributed by atoms with E-state index in [0.717, 1.165) is 22.4 Å². The molecule has 0 saturated carbocycles. The van der Waals surface area contributed by atoms with Gasteiger partial charge in [0.25, 0.3) is 0 Å². The van der Waals surface area contributed by atoms with Crippen molar-refractivity contribution in [3.8, 4) is 16.9 Å². The normalized spacial score (nSPS) is 16.7. The fourth-order valence-electron chi connectivity index (χ4n) is 2.34. The predicted octanol–water partition coefficient (Wildman–Crippen LogP) is 1.82. The topological polar surface area (TPSA) is 84.3 Å². The molecule has 2 heterocycles. The minimum atomic E-state index is -0.826. The maximum Gasteiger partial charge on any atom is 0.310 e. The van der Waals surface area contributed by atoms with E-state index >= 15 is 0 Å². The van der Waals surface area contributed by atoms with E-state index in [1.54, 1.807) is 19.4 Å². The van der Waals surface area contributed by atoms with Crippen LogP contribution >= 0.6 is 0 Å². The Morgan fingerprint density at radius 2 is 2.10 bits per heavy atom. The number of carboxylic acids is 1. The molecule has 0 saturated heterocycles. The lowest BCUT2D eigenvalue weighted by Crippen LogP contribution is -2.27. The fourth-order valence-corrected chi connectivity index (χ4v) is 2.34. The Morgan fingerprint density at radius 1 is 1.33 bits per heavy atom. The van der Waals surface area contributed by atoms with Crippen LogP contribution in [0.5, 0.6) is 5.75 Å². The smallest absolute Gasteiger partial charge is 0.310 e. The molecule has 21 heavy (non-hydrogen) atoms. The lowest BCUT2D eigenvalue weighted by molar-refractivity contribution is -0.143. The van der Waals surface area contributed by atoms with Gasteiger partial charge in [0, 0.05) is 25.0 Å². The Balaban J connectivity index is 1.91. The van der Waals surface area contributed by atoms with Crippen LogP contribution in [-0.4, -0.2) is 34.7 Å². The largest absolute Gasteiger partial charge is 0.492 e. The summed E-state index contributed by atoms with van der Waals surface area (Å²) < 4.78 is 5.50. The molecule has 2 aromatic rings. The van der Waals surface area contributed by atoms with Crippen molar-refractivity contribution in [3.63, 3.8) is 0 Å². The van der Waals surface area contributed by atoms with Gasteiger partial charge < -0.3 is 15.2 Å². The average Bonchev–Trinajstić information content (AvgIpc) is 2.54. The van der Waals surface area contributed by atoms with Gasteiger partial charge in [0.15, 0.2) is 0 Å². The molecule has 1 atom stereocenters. The van der Waals surface area contributed by atoms with Crippen molar-refractivity contribution in [2.75, 3.05) is 19.0 Å². The molecule has 0 aliphatic carbocycles. The highest BCUT2D eigenvalue weighted by Crippen LogP contribution is 2.31. The number of nitrogens with zero attached hydrogens (tertiary/aromatic N) is 2. The summed E-state index contributed by atoms with van der Waals surface area (Å²) in [5.41, 5.74) is 2.74. The van der Waals surface area contributed by atoms with Gasteiger partial charge in [-0.2, -0.15) is 0 Å². The van der Waals surface area contributed by atoms with Crippen LogP contribution < -0.4 is 10.1 Å². The first-order valence-electron chi connectivity index (χ1n) is 6.66. The summed E-state index contributed by atoms with van der Waals surface area (Å²) in [7, 11) is 1.76. The molecular formula is C15H15N3O3. The Bertz CT molecular complexity index is 670. The van der Waals surface area contributed by atoms with Crippen LogP contribution in [0, 0.1) is 5.92 Å². The van der Waals surface area contributed by atoms with Crippen LogP contribution in [0.2, 0.25) is 0 Å². The molecule has 1 aromatic heterocycles. The van der Waals surface area contributed by atoms with Gasteiger partial charge in [-0.1, -0.05) is 6.07 Å². The fraction of sp³-hybridized carbons (Fsp3) is 0.267. The lowest BCUT2D eigenvalue weighted by atomic mass is 9.94. The van der Waals surface area contributed by atoms with Crippen molar-refractivity contribution < 1.29 is 14.6 Å². The zero-order valence-corrected chi connectivity index (χ0v) is 11.5. The SMILES string of the molecule is CNc1ncc(-c2ccc3c(c2)CC(C(=O)O)CO3)cn1. The highest BCUT2D eigenvalue weighted by molar-refractivity contribution is 5.72. The number of aliphatic carboxylic acids is 1. The van der Waals surface area contributed by atoms with Crippen molar-refractivity contribution in [2.45, 2.75) is 6.42 Å². The van der Waals surface area contributed by atoms with Crippen LogP contribution in [0.3, 0.4) is 0 Å². The van der Waals surface area contributed by atoms with E-state index in [-0.39, 0.29) is 6.61 Å². The van der Waals surface area contributed by atoms with Crippen molar-refractivity contribution in [1.82, 2.24) is 9.97 Å². The first-order chi connectivity index (χ1) is 10.2. The molecule has 1 aliphatic rings. The first kappa shape index (κ1) is 13.4. The molecule has 0 fully saturated rings. The van der Waals surface area contributed by atoms with E-state index in [0.29, 0.717) is 12.4 Å². The third-order valence-electron chi connectivity index (χ3n) is 3.52. The van der Waals surface area contributed by atoms with Crippen LogP contribution in [0.25, 0.3) is 11.1 Å². The second kappa shape index (κ2) is 5.40. The lowest BCUT2D eigenvalue weighted by Gasteiger charge is -2.23. The van der Waals surface area contributed by atoms with Gasteiger partial charge in [-0.15, -0.1) is 0 Å². The monoisotopic (exact) mass is 285 g/mol. The summed E-state index contributed by atoms with van der Waals surface area (Å²) >= 11 is 0. The average molecular weight is 285 g/mol.